The summed E-state index contributed by atoms with van der Waals surface area (Å²) in [7, 11) is 0. The highest BCUT2D eigenvalue weighted by molar-refractivity contribution is 6.36. The Morgan fingerprint density at radius 2 is 1.95 bits per heavy atom. The molecule has 0 saturated carbocycles. The molecule has 0 aliphatic rings. The number of furan rings is 1. The normalized spacial score (nSPS) is 10.8. The van der Waals surface area contributed by atoms with E-state index in [0.717, 1.165) is 16.5 Å². The van der Waals surface area contributed by atoms with E-state index in [-0.39, 0.29) is 5.91 Å². The van der Waals surface area contributed by atoms with Gasteiger partial charge in [-0.2, -0.15) is 0 Å². The van der Waals surface area contributed by atoms with Crippen LogP contribution in [0.2, 0.25) is 10.0 Å². The quantitative estimate of drug-likeness (QED) is 0.751. The van der Waals surface area contributed by atoms with Crippen LogP contribution in [0.1, 0.15) is 15.9 Å². The molecule has 0 aliphatic heterocycles. The van der Waals surface area contributed by atoms with Crippen molar-refractivity contribution in [3.05, 3.63) is 69.9 Å². The van der Waals surface area contributed by atoms with Crippen LogP contribution in [0.5, 0.6) is 0 Å². The molecule has 0 fully saturated rings. The number of hydrogen-bond acceptors (Lipinski definition) is 2. The Labute approximate surface area is 137 Å². The lowest BCUT2D eigenvalue weighted by Gasteiger charge is -2.06. The van der Waals surface area contributed by atoms with Crippen molar-refractivity contribution in [3.8, 4) is 0 Å². The van der Waals surface area contributed by atoms with Crippen molar-refractivity contribution in [2.75, 3.05) is 6.54 Å². The highest BCUT2D eigenvalue weighted by atomic mass is 35.5. The number of carbonyl (C=O) groups excluding carboxylic acids is 1. The predicted molar refractivity (Wildman–Crippen MR) is 88.7 cm³/mol. The second kappa shape index (κ2) is 6.42. The van der Waals surface area contributed by atoms with Gasteiger partial charge in [-0.3, -0.25) is 4.79 Å². The summed E-state index contributed by atoms with van der Waals surface area (Å²) in [5, 5.41) is 4.78. The summed E-state index contributed by atoms with van der Waals surface area (Å²) < 4.78 is 5.48. The summed E-state index contributed by atoms with van der Waals surface area (Å²) in [5.74, 6) is -0.213. The Kier molecular flexibility index (Phi) is 4.36. The van der Waals surface area contributed by atoms with Gasteiger partial charge < -0.3 is 9.73 Å². The SMILES string of the molecule is O=C(NCCc1coc2ccccc12)c1ccc(Cl)cc1Cl. The Bertz CT molecular complexity index is 826. The molecule has 0 unspecified atom stereocenters. The van der Waals surface area contributed by atoms with Crippen molar-refractivity contribution in [1.82, 2.24) is 5.32 Å². The van der Waals surface area contributed by atoms with Crippen LogP contribution in [0.15, 0.2) is 53.1 Å². The number of rotatable bonds is 4. The predicted octanol–water partition coefficient (Wildman–Crippen LogP) is 4.71. The van der Waals surface area contributed by atoms with Crippen molar-refractivity contribution in [1.29, 1.82) is 0 Å². The number of hydrogen-bond donors (Lipinski definition) is 1. The van der Waals surface area contributed by atoms with Gasteiger partial charge >= 0.3 is 0 Å². The minimum atomic E-state index is -0.213. The van der Waals surface area contributed by atoms with E-state index in [4.69, 9.17) is 27.6 Å². The van der Waals surface area contributed by atoms with Crippen LogP contribution in [0.3, 0.4) is 0 Å². The average molecular weight is 334 g/mol. The topological polar surface area (TPSA) is 42.2 Å². The fourth-order valence-electron chi connectivity index (χ4n) is 2.31. The zero-order valence-electron chi connectivity index (χ0n) is 11.6. The fraction of sp³-hybridized carbons (Fsp3) is 0.118. The zero-order chi connectivity index (χ0) is 15.5. The number of halogens is 2. The molecular weight excluding hydrogens is 321 g/mol. The smallest absolute Gasteiger partial charge is 0.252 e. The van der Waals surface area contributed by atoms with Crippen LogP contribution >= 0.6 is 23.2 Å². The van der Waals surface area contributed by atoms with Crippen molar-refractivity contribution >= 4 is 40.1 Å². The third kappa shape index (κ3) is 3.11. The molecule has 112 valence electrons. The van der Waals surface area contributed by atoms with E-state index in [1.807, 2.05) is 24.3 Å². The number of nitrogens with one attached hydrogen (secondary N) is 1. The highest BCUT2D eigenvalue weighted by Crippen LogP contribution is 2.22. The summed E-state index contributed by atoms with van der Waals surface area (Å²) in [6, 6.07) is 12.6. The molecule has 0 aliphatic carbocycles. The molecule has 0 atom stereocenters. The molecular formula is C17H13Cl2NO2. The molecule has 0 radical (unpaired) electrons. The number of benzene rings is 2. The fourth-order valence-corrected chi connectivity index (χ4v) is 2.80. The minimum Gasteiger partial charge on any atom is -0.464 e. The van der Waals surface area contributed by atoms with Crippen molar-refractivity contribution in [2.45, 2.75) is 6.42 Å². The lowest BCUT2D eigenvalue weighted by atomic mass is 10.1. The van der Waals surface area contributed by atoms with Gasteiger partial charge in [0.15, 0.2) is 0 Å². The Balaban J connectivity index is 1.64. The van der Waals surface area contributed by atoms with Gasteiger partial charge in [0.2, 0.25) is 0 Å². The lowest BCUT2D eigenvalue weighted by Crippen LogP contribution is -2.25. The number of fused-ring (bicyclic) bond motifs is 1. The molecule has 0 saturated heterocycles. The van der Waals surface area contributed by atoms with Crippen LogP contribution in [0, 0.1) is 0 Å². The van der Waals surface area contributed by atoms with Gasteiger partial charge in [0, 0.05) is 17.0 Å². The third-order valence-corrected chi connectivity index (χ3v) is 3.96. The first-order valence-electron chi connectivity index (χ1n) is 6.83. The maximum absolute atomic E-state index is 12.1. The number of para-hydroxylation sites is 1. The van der Waals surface area contributed by atoms with E-state index in [2.05, 4.69) is 5.32 Å². The van der Waals surface area contributed by atoms with E-state index in [1.54, 1.807) is 24.5 Å². The summed E-state index contributed by atoms with van der Waals surface area (Å²) in [4.78, 5) is 12.1. The molecule has 0 spiro atoms. The third-order valence-electron chi connectivity index (χ3n) is 3.42. The maximum atomic E-state index is 12.1. The van der Waals surface area contributed by atoms with Crippen molar-refractivity contribution in [2.24, 2.45) is 0 Å². The van der Waals surface area contributed by atoms with Crippen molar-refractivity contribution in [3.63, 3.8) is 0 Å². The summed E-state index contributed by atoms with van der Waals surface area (Å²) >= 11 is 11.8. The Hall–Kier alpha value is -1.97. The van der Waals surface area contributed by atoms with Crippen LogP contribution in [0.25, 0.3) is 11.0 Å². The van der Waals surface area contributed by atoms with Gasteiger partial charge in [0.05, 0.1) is 16.8 Å². The first kappa shape index (κ1) is 14.9. The molecule has 5 heteroatoms. The number of carbonyl (C=O) groups is 1. The van der Waals surface area contributed by atoms with Gasteiger partial charge in [-0.25, -0.2) is 0 Å². The number of amides is 1. The first-order chi connectivity index (χ1) is 10.6. The molecule has 3 aromatic rings. The van der Waals surface area contributed by atoms with E-state index >= 15 is 0 Å². The summed E-state index contributed by atoms with van der Waals surface area (Å²) in [5.41, 5.74) is 2.34. The molecule has 3 rings (SSSR count). The second-order valence-corrected chi connectivity index (χ2v) is 5.73. The van der Waals surface area contributed by atoms with E-state index in [0.29, 0.717) is 28.6 Å². The Morgan fingerprint density at radius 3 is 2.77 bits per heavy atom. The van der Waals surface area contributed by atoms with Crippen molar-refractivity contribution < 1.29 is 9.21 Å². The summed E-state index contributed by atoms with van der Waals surface area (Å²) in [6.07, 6.45) is 2.42. The molecule has 1 heterocycles. The molecule has 22 heavy (non-hydrogen) atoms. The van der Waals surface area contributed by atoms with Gasteiger partial charge in [-0.05, 0) is 36.2 Å². The molecule has 1 N–H and O–H groups in total. The molecule has 2 aromatic carbocycles. The first-order valence-corrected chi connectivity index (χ1v) is 7.59. The monoisotopic (exact) mass is 333 g/mol. The molecule has 1 amide bonds. The van der Waals surface area contributed by atoms with E-state index in [1.165, 1.54) is 0 Å². The van der Waals surface area contributed by atoms with Gasteiger partial charge in [-0.15, -0.1) is 0 Å². The minimum absolute atomic E-state index is 0.213. The van der Waals surface area contributed by atoms with Crippen LogP contribution in [0.4, 0.5) is 0 Å². The maximum Gasteiger partial charge on any atom is 0.252 e. The summed E-state index contributed by atoms with van der Waals surface area (Å²) in [6.45, 7) is 0.501. The van der Waals surface area contributed by atoms with Gasteiger partial charge in [-0.1, -0.05) is 41.4 Å². The lowest BCUT2D eigenvalue weighted by molar-refractivity contribution is 0.0954. The Morgan fingerprint density at radius 1 is 1.14 bits per heavy atom. The average Bonchev–Trinajstić information content (AvgIpc) is 2.90. The molecule has 0 bridgehead atoms. The zero-order valence-corrected chi connectivity index (χ0v) is 13.1. The molecule has 1 aromatic heterocycles. The van der Waals surface area contributed by atoms with Crippen LogP contribution in [-0.2, 0) is 6.42 Å². The van der Waals surface area contributed by atoms with Gasteiger partial charge in [0.25, 0.3) is 5.91 Å². The van der Waals surface area contributed by atoms with Crippen LogP contribution < -0.4 is 5.32 Å². The van der Waals surface area contributed by atoms with Gasteiger partial charge in [0.1, 0.15) is 5.58 Å². The highest BCUT2D eigenvalue weighted by Gasteiger charge is 2.11. The largest absolute Gasteiger partial charge is 0.464 e. The van der Waals surface area contributed by atoms with E-state index < -0.39 is 0 Å². The molecule has 3 nitrogen and oxygen atoms in total. The second-order valence-electron chi connectivity index (χ2n) is 4.89. The van der Waals surface area contributed by atoms with Crippen LogP contribution in [-0.4, -0.2) is 12.5 Å². The van der Waals surface area contributed by atoms with E-state index in [9.17, 15) is 4.79 Å². The standard InChI is InChI=1S/C17H13Cl2NO2/c18-12-5-6-14(15(19)9-12)17(21)20-8-7-11-10-22-16-4-2-1-3-13(11)16/h1-6,9-10H,7-8H2,(H,20,21).